The van der Waals surface area contributed by atoms with E-state index in [2.05, 4.69) is 10.6 Å². The van der Waals surface area contributed by atoms with Crippen LogP contribution >= 0.6 is 0 Å². The molecule has 2 aromatic carbocycles. The summed E-state index contributed by atoms with van der Waals surface area (Å²) in [5, 5.41) is 7.02. The van der Waals surface area contributed by atoms with Gasteiger partial charge in [0.05, 0.1) is 5.69 Å². The molecule has 2 N–H and O–H groups in total. The largest absolute Gasteiger partial charge is 0.444 e. The molecule has 2 amide bonds. The average Bonchev–Trinajstić information content (AvgIpc) is 2.47. The van der Waals surface area contributed by atoms with Crippen molar-refractivity contribution in [3.05, 3.63) is 35.9 Å². The number of nitrogens with one attached hydrogen (secondary N) is 2. The maximum absolute atomic E-state index is 12.3. The molecule has 0 unspecified atom stereocenters. The molecule has 5 nitrogen and oxygen atoms in total. The molecule has 0 aliphatic rings. The number of amides is 2. The van der Waals surface area contributed by atoms with E-state index in [0.29, 0.717) is 22.1 Å². The summed E-state index contributed by atoms with van der Waals surface area (Å²) in [6, 6.07) is 8.65. The SMILES string of the molecule is [B]c1ccc(NC(=O)OC(C)(C)C)c2cc(C(=O)NC(C)C)ccc12. The van der Waals surface area contributed by atoms with Crippen LogP contribution in [-0.4, -0.2) is 31.5 Å². The summed E-state index contributed by atoms with van der Waals surface area (Å²) in [4.78, 5) is 24.3. The Morgan fingerprint density at radius 2 is 1.76 bits per heavy atom. The summed E-state index contributed by atoms with van der Waals surface area (Å²) in [5.74, 6) is -0.178. The molecule has 2 rings (SSSR count). The van der Waals surface area contributed by atoms with Crippen molar-refractivity contribution in [3.63, 3.8) is 0 Å². The van der Waals surface area contributed by atoms with Crippen LogP contribution in [0.3, 0.4) is 0 Å². The molecule has 0 saturated carbocycles. The van der Waals surface area contributed by atoms with Crippen molar-refractivity contribution in [1.82, 2.24) is 5.32 Å². The van der Waals surface area contributed by atoms with Crippen LogP contribution in [-0.2, 0) is 4.74 Å². The maximum atomic E-state index is 12.3. The van der Waals surface area contributed by atoms with Gasteiger partial charge in [-0.3, -0.25) is 10.1 Å². The van der Waals surface area contributed by atoms with Gasteiger partial charge in [0.2, 0.25) is 0 Å². The number of carbonyl (C=O) groups excluding carboxylic acids is 2. The topological polar surface area (TPSA) is 67.4 Å². The number of hydrogen-bond donors (Lipinski definition) is 2. The Hall–Kier alpha value is -2.50. The maximum Gasteiger partial charge on any atom is 0.412 e. The first-order valence-electron chi connectivity index (χ1n) is 8.20. The second kappa shape index (κ2) is 7.17. The van der Waals surface area contributed by atoms with Crippen molar-refractivity contribution in [2.45, 2.75) is 46.3 Å². The van der Waals surface area contributed by atoms with E-state index in [9.17, 15) is 9.59 Å². The zero-order chi connectivity index (χ0) is 18.8. The number of carbonyl (C=O) groups is 2. The molecule has 6 heteroatoms. The zero-order valence-corrected chi connectivity index (χ0v) is 15.3. The zero-order valence-electron chi connectivity index (χ0n) is 15.3. The van der Waals surface area contributed by atoms with E-state index in [-0.39, 0.29) is 11.9 Å². The minimum atomic E-state index is -0.601. The summed E-state index contributed by atoms with van der Waals surface area (Å²) in [6.45, 7) is 9.17. The summed E-state index contributed by atoms with van der Waals surface area (Å²) in [6.07, 6.45) is -0.560. The Morgan fingerprint density at radius 3 is 2.36 bits per heavy atom. The minimum absolute atomic E-state index is 0.0309. The van der Waals surface area contributed by atoms with Crippen LogP contribution in [0.25, 0.3) is 10.8 Å². The highest BCUT2D eigenvalue weighted by molar-refractivity contribution is 6.39. The number of rotatable bonds is 3. The van der Waals surface area contributed by atoms with E-state index in [1.807, 2.05) is 13.8 Å². The molecule has 0 atom stereocenters. The summed E-state index contributed by atoms with van der Waals surface area (Å²) in [5.41, 5.74) is 1.01. The smallest absolute Gasteiger partial charge is 0.412 e. The highest BCUT2D eigenvalue weighted by Gasteiger charge is 2.17. The third kappa shape index (κ3) is 4.99. The van der Waals surface area contributed by atoms with Crippen molar-refractivity contribution in [2.24, 2.45) is 0 Å². The van der Waals surface area contributed by atoms with Gasteiger partial charge in [-0.15, -0.1) is 0 Å². The molecule has 0 saturated heterocycles. The van der Waals surface area contributed by atoms with Crippen LogP contribution < -0.4 is 16.1 Å². The number of ether oxygens (including phenoxy) is 1. The molecule has 0 fully saturated rings. The second-order valence-corrected chi connectivity index (χ2v) is 7.22. The Labute approximate surface area is 149 Å². The van der Waals surface area contributed by atoms with E-state index in [1.165, 1.54) is 0 Å². The molecule has 0 aliphatic heterocycles. The average molecular weight is 338 g/mol. The van der Waals surface area contributed by atoms with E-state index < -0.39 is 11.7 Å². The number of fused-ring (bicyclic) bond motifs is 1. The van der Waals surface area contributed by atoms with Crippen LogP contribution in [0.5, 0.6) is 0 Å². The lowest BCUT2D eigenvalue weighted by atomic mass is 9.88. The first-order valence-corrected chi connectivity index (χ1v) is 8.20. The van der Waals surface area contributed by atoms with Gasteiger partial charge < -0.3 is 10.1 Å². The first kappa shape index (κ1) is 18.8. The quantitative estimate of drug-likeness (QED) is 0.845. The van der Waals surface area contributed by atoms with E-state index in [4.69, 9.17) is 12.6 Å². The normalized spacial score (nSPS) is 11.4. The highest BCUT2D eigenvalue weighted by atomic mass is 16.6. The Bertz CT molecular complexity index is 810. The molecule has 25 heavy (non-hydrogen) atoms. The van der Waals surface area contributed by atoms with Crippen molar-refractivity contribution in [1.29, 1.82) is 0 Å². The van der Waals surface area contributed by atoms with Crippen LogP contribution in [0.4, 0.5) is 10.5 Å². The lowest BCUT2D eigenvalue weighted by molar-refractivity contribution is 0.0636. The summed E-state index contributed by atoms with van der Waals surface area (Å²) in [7, 11) is 6.02. The Balaban J connectivity index is 2.41. The molecule has 130 valence electrons. The van der Waals surface area contributed by atoms with Crippen LogP contribution in [0, 0.1) is 0 Å². The monoisotopic (exact) mass is 338 g/mol. The molecular weight excluding hydrogens is 315 g/mol. The van der Waals surface area contributed by atoms with Crippen molar-refractivity contribution < 1.29 is 14.3 Å². The predicted molar refractivity (Wildman–Crippen MR) is 102 cm³/mol. The molecule has 2 radical (unpaired) electrons. The van der Waals surface area contributed by atoms with Crippen LogP contribution in [0.15, 0.2) is 30.3 Å². The van der Waals surface area contributed by atoms with Gasteiger partial charge in [-0.1, -0.05) is 17.6 Å². The summed E-state index contributed by atoms with van der Waals surface area (Å²) < 4.78 is 5.29. The molecule has 0 spiro atoms. The number of benzene rings is 2. The van der Waals surface area contributed by atoms with E-state index in [0.717, 1.165) is 5.39 Å². The highest BCUT2D eigenvalue weighted by Crippen LogP contribution is 2.24. The van der Waals surface area contributed by atoms with Crippen LogP contribution in [0.2, 0.25) is 0 Å². The van der Waals surface area contributed by atoms with Gasteiger partial charge in [-0.25, -0.2) is 4.79 Å². The van der Waals surface area contributed by atoms with Crippen molar-refractivity contribution in [2.75, 3.05) is 5.32 Å². The third-order valence-electron chi connectivity index (χ3n) is 3.37. The van der Waals surface area contributed by atoms with Gasteiger partial charge in [0.25, 0.3) is 5.91 Å². The molecule has 0 aliphatic carbocycles. The fraction of sp³-hybridized carbons (Fsp3) is 0.368. The van der Waals surface area contributed by atoms with Gasteiger partial charge >= 0.3 is 6.09 Å². The molecule has 0 heterocycles. The number of anilines is 1. The molecular formula is C19H23BN2O3. The van der Waals surface area contributed by atoms with Gasteiger partial charge in [0.1, 0.15) is 13.4 Å². The molecule has 0 aromatic heterocycles. The van der Waals surface area contributed by atoms with Crippen molar-refractivity contribution >= 4 is 41.8 Å². The lowest BCUT2D eigenvalue weighted by Gasteiger charge is -2.20. The van der Waals surface area contributed by atoms with E-state index in [1.54, 1.807) is 51.1 Å². The lowest BCUT2D eigenvalue weighted by Crippen LogP contribution is -2.30. The van der Waals surface area contributed by atoms with Gasteiger partial charge in [-0.05, 0) is 58.2 Å². The van der Waals surface area contributed by atoms with Crippen LogP contribution in [0.1, 0.15) is 45.0 Å². The van der Waals surface area contributed by atoms with Gasteiger partial charge in [0, 0.05) is 17.0 Å². The van der Waals surface area contributed by atoms with Gasteiger partial charge in [-0.2, -0.15) is 0 Å². The minimum Gasteiger partial charge on any atom is -0.444 e. The standard InChI is InChI=1S/C19H23BN2O3/c1-11(2)21-17(23)12-6-7-13-14(10-12)16(9-8-15(13)20)22-18(24)25-19(3,4)5/h6-11H,1-5H3,(H,21,23)(H,22,24). The summed E-state index contributed by atoms with van der Waals surface area (Å²) >= 11 is 0. The Morgan fingerprint density at radius 1 is 1.08 bits per heavy atom. The second-order valence-electron chi connectivity index (χ2n) is 7.22. The van der Waals surface area contributed by atoms with E-state index >= 15 is 0 Å². The molecule has 2 aromatic rings. The Kier molecular flexibility index (Phi) is 5.40. The van der Waals surface area contributed by atoms with Gasteiger partial charge in [0.15, 0.2) is 0 Å². The third-order valence-corrected chi connectivity index (χ3v) is 3.37. The molecule has 0 bridgehead atoms. The van der Waals surface area contributed by atoms with Crippen molar-refractivity contribution in [3.8, 4) is 0 Å². The fourth-order valence-corrected chi connectivity index (χ4v) is 2.38. The fourth-order valence-electron chi connectivity index (χ4n) is 2.38. The predicted octanol–water partition coefficient (Wildman–Crippen LogP) is 3.12. The number of hydrogen-bond acceptors (Lipinski definition) is 3. The first-order chi connectivity index (χ1) is 11.6.